The number of hydrazone groups is 1. The Balaban J connectivity index is 1.57. The quantitative estimate of drug-likeness (QED) is 0.263. The summed E-state index contributed by atoms with van der Waals surface area (Å²) < 4.78 is 36.9. The number of anilines is 1. The fourth-order valence-corrected chi connectivity index (χ4v) is 4.43. The molecule has 0 saturated carbocycles. The Morgan fingerprint density at radius 3 is 2.35 bits per heavy atom. The zero-order valence-electron chi connectivity index (χ0n) is 18.3. The van der Waals surface area contributed by atoms with Gasteiger partial charge in [-0.3, -0.25) is 20.1 Å². The molecule has 2 aliphatic rings. The van der Waals surface area contributed by atoms with Gasteiger partial charge in [-0.2, -0.15) is 13.5 Å². The third kappa shape index (κ3) is 5.68. The molecule has 2 aromatic carbocycles. The summed E-state index contributed by atoms with van der Waals surface area (Å²) in [5, 5.41) is 15.3. The predicted octanol–water partition coefficient (Wildman–Crippen LogP) is 3.70. The Morgan fingerprint density at radius 2 is 1.74 bits per heavy atom. The van der Waals surface area contributed by atoms with Crippen LogP contribution in [0.5, 0.6) is 0 Å². The molecule has 1 aliphatic heterocycles. The Bertz CT molecular complexity index is 1250. The van der Waals surface area contributed by atoms with Crippen LogP contribution in [0.4, 0.5) is 11.4 Å². The van der Waals surface area contributed by atoms with E-state index in [1.165, 1.54) is 36.4 Å². The molecule has 0 radical (unpaired) electrons. The van der Waals surface area contributed by atoms with Gasteiger partial charge in [0.05, 0.1) is 34.9 Å². The van der Waals surface area contributed by atoms with Crippen molar-refractivity contribution in [2.75, 3.05) is 31.7 Å². The van der Waals surface area contributed by atoms with Gasteiger partial charge in [0.1, 0.15) is 0 Å². The van der Waals surface area contributed by atoms with Gasteiger partial charge in [-0.1, -0.05) is 0 Å². The standard InChI is InChI=1S/C23H24N4O6S/c28-27(29)21-7-1-17(2-8-21)15-18-3-4-19(23(18)26-11-13-33-14-12-26)16-24-25-20-5-9-22(10-6-20)34(30,31)32/h1-2,5-10,15-16,25H,3-4,11-14H2,(H,30,31,32)/b18-15-,24-16+. The van der Waals surface area contributed by atoms with Gasteiger partial charge >= 0.3 is 0 Å². The first-order valence-electron chi connectivity index (χ1n) is 10.7. The molecule has 0 bridgehead atoms. The summed E-state index contributed by atoms with van der Waals surface area (Å²) in [6.45, 7) is 2.79. The van der Waals surface area contributed by atoms with Gasteiger partial charge in [0.25, 0.3) is 15.8 Å². The number of nitro groups is 1. The molecule has 1 fully saturated rings. The number of allylic oxidation sites excluding steroid dienone is 2. The van der Waals surface area contributed by atoms with Crippen molar-refractivity contribution in [3.63, 3.8) is 0 Å². The second-order valence-electron chi connectivity index (χ2n) is 7.86. The number of non-ortho nitro benzene ring substituents is 1. The number of rotatable bonds is 7. The zero-order chi connectivity index (χ0) is 24.1. The summed E-state index contributed by atoms with van der Waals surface area (Å²) in [5.41, 5.74) is 7.69. The number of hydrogen-bond donors (Lipinski definition) is 2. The first-order chi connectivity index (χ1) is 16.3. The average Bonchev–Trinajstić information content (AvgIpc) is 3.22. The van der Waals surface area contributed by atoms with E-state index in [0.717, 1.165) is 48.3 Å². The van der Waals surface area contributed by atoms with Crippen LogP contribution in [0.3, 0.4) is 0 Å². The van der Waals surface area contributed by atoms with Crippen molar-refractivity contribution in [3.8, 4) is 0 Å². The lowest BCUT2D eigenvalue weighted by atomic mass is 10.1. The third-order valence-corrected chi connectivity index (χ3v) is 6.48. The molecule has 178 valence electrons. The largest absolute Gasteiger partial charge is 0.378 e. The van der Waals surface area contributed by atoms with Crippen molar-refractivity contribution >= 4 is 33.8 Å². The maximum atomic E-state index is 11.2. The topological polar surface area (TPSA) is 134 Å². The zero-order valence-corrected chi connectivity index (χ0v) is 19.1. The van der Waals surface area contributed by atoms with E-state index in [9.17, 15) is 18.5 Å². The minimum Gasteiger partial charge on any atom is -0.378 e. The molecule has 2 N–H and O–H groups in total. The molecule has 1 saturated heterocycles. The van der Waals surface area contributed by atoms with E-state index in [4.69, 9.17) is 9.29 Å². The molecular formula is C23H24N4O6S. The van der Waals surface area contributed by atoms with Crippen molar-refractivity contribution in [1.29, 1.82) is 0 Å². The molecule has 34 heavy (non-hydrogen) atoms. The average molecular weight is 485 g/mol. The number of nitro benzene ring substituents is 1. The maximum Gasteiger partial charge on any atom is 0.294 e. The minimum absolute atomic E-state index is 0.0565. The lowest BCUT2D eigenvalue weighted by Crippen LogP contribution is -2.36. The van der Waals surface area contributed by atoms with Crippen LogP contribution in [0.15, 0.2) is 75.4 Å². The van der Waals surface area contributed by atoms with E-state index >= 15 is 0 Å². The number of hydrogen-bond acceptors (Lipinski definition) is 8. The highest BCUT2D eigenvalue weighted by Crippen LogP contribution is 2.35. The number of ether oxygens (including phenoxy) is 1. The molecule has 0 spiro atoms. The van der Waals surface area contributed by atoms with Gasteiger partial charge in [0.2, 0.25) is 0 Å². The fourth-order valence-electron chi connectivity index (χ4n) is 3.95. The summed E-state index contributed by atoms with van der Waals surface area (Å²) in [5.74, 6) is 0. The van der Waals surface area contributed by atoms with E-state index < -0.39 is 15.0 Å². The monoisotopic (exact) mass is 484 g/mol. The second-order valence-corrected chi connectivity index (χ2v) is 9.28. The highest BCUT2D eigenvalue weighted by atomic mass is 32.2. The van der Waals surface area contributed by atoms with Crippen molar-refractivity contribution in [1.82, 2.24) is 4.90 Å². The summed E-state index contributed by atoms with van der Waals surface area (Å²) in [6, 6.07) is 12.1. The highest BCUT2D eigenvalue weighted by Gasteiger charge is 2.25. The molecule has 0 unspecified atom stereocenters. The first-order valence-corrected chi connectivity index (χ1v) is 12.1. The van der Waals surface area contributed by atoms with Gasteiger partial charge in [-0.15, -0.1) is 0 Å². The van der Waals surface area contributed by atoms with Gasteiger partial charge in [-0.25, -0.2) is 0 Å². The molecule has 1 aliphatic carbocycles. The molecule has 0 amide bonds. The molecule has 4 rings (SSSR count). The molecule has 0 aromatic heterocycles. The Labute approximate surface area is 197 Å². The van der Waals surface area contributed by atoms with Crippen LogP contribution in [0.1, 0.15) is 18.4 Å². The summed E-state index contributed by atoms with van der Waals surface area (Å²) in [6.07, 6.45) is 5.42. The fraction of sp³-hybridized carbons (Fsp3) is 0.261. The van der Waals surface area contributed by atoms with Crippen LogP contribution in [-0.2, 0) is 14.9 Å². The summed E-state index contributed by atoms with van der Waals surface area (Å²) in [4.78, 5) is 12.6. The summed E-state index contributed by atoms with van der Waals surface area (Å²) in [7, 11) is -4.24. The molecular weight excluding hydrogens is 460 g/mol. The van der Waals surface area contributed by atoms with E-state index in [2.05, 4.69) is 21.5 Å². The van der Waals surface area contributed by atoms with E-state index in [-0.39, 0.29) is 10.6 Å². The van der Waals surface area contributed by atoms with Gasteiger partial charge in [-0.05, 0) is 72.0 Å². The van der Waals surface area contributed by atoms with E-state index in [1.807, 2.05) is 0 Å². The Kier molecular flexibility index (Phi) is 7.06. The van der Waals surface area contributed by atoms with Gasteiger partial charge < -0.3 is 9.64 Å². The Hall–Kier alpha value is -3.54. The van der Waals surface area contributed by atoms with Crippen LogP contribution in [0.25, 0.3) is 6.08 Å². The molecule has 10 nitrogen and oxygen atoms in total. The number of benzene rings is 2. The number of nitrogens with zero attached hydrogens (tertiary/aromatic N) is 3. The van der Waals surface area contributed by atoms with Crippen LogP contribution in [0, 0.1) is 10.1 Å². The molecule has 1 heterocycles. The van der Waals surface area contributed by atoms with Crippen LogP contribution >= 0.6 is 0 Å². The minimum atomic E-state index is -4.24. The number of nitrogens with one attached hydrogen (secondary N) is 1. The van der Waals surface area contributed by atoms with E-state index in [0.29, 0.717) is 18.9 Å². The molecule has 11 heteroatoms. The normalized spacial score (nSPS) is 18.1. The van der Waals surface area contributed by atoms with Crippen LogP contribution in [0.2, 0.25) is 0 Å². The van der Waals surface area contributed by atoms with Crippen LogP contribution < -0.4 is 5.43 Å². The summed E-state index contributed by atoms with van der Waals surface area (Å²) >= 11 is 0. The second kappa shape index (κ2) is 10.2. The molecule has 2 aromatic rings. The van der Waals surface area contributed by atoms with Crippen molar-refractivity contribution < 1.29 is 22.6 Å². The van der Waals surface area contributed by atoms with Gasteiger partial charge in [0, 0.05) is 30.9 Å². The third-order valence-electron chi connectivity index (χ3n) is 5.61. The van der Waals surface area contributed by atoms with E-state index in [1.54, 1.807) is 18.3 Å². The lowest BCUT2D eigenvalue weighted by molar-refractivity contribution is -0.384. The SMILES string of the molecule is O=[N+]([O-])c1ccc(/C=C2/CCC(/C=N/Nc3ccc(S(=O)(=O)O)cc3)=C2N2CCOCC2)cc1. The first kappa shape index (κ1) is 23.6. The predicted molar refractivity (Wildman–Crippen MR) is 128 cm³/mol. The molecule has 0 atom stereocenters. The van der Waals surface area contributed by atoms with Gasteiger partial charge in [0.15, 0.2) is 0 Å². The van der Waals surface area contributed by atoms with Crippen molar-refractivity contribution in [3.05, 3.63) is 81.1 Å². The maximum absolute atomic E-state index is 11.2. The lowest BCUT2D eigenvalue weighted by Gasteiger charge is -2.31. The number of morpholine rings is 1. The van der Waals surface area contributed by atoms with Crippen LogP contribution in [-0.4, -0.2) is 55.3 Å². The Morgan fingerprint density at radius 1 is 1.06 bits per heavy atom. The van der Waals surface area contributed by atoms with Crippen molar-refractivity contribution in [2.45, 2.75) is 17.7 Å². The smallest absolute Gasteiger partial charge is 0.294 e. The highest BCUT2D eigenvalue weighted by molar-refractivity contribution is 7.85. The van der Waals surface area contributed by atoms with Crippen molar-refractivity contribution in [2.24, 2.45) is 5.10 Å².